The van der Waals surface area contributed by atoms with Crippen LogP contribution in [0.5, 0.6) is 0 Å². The largest absolute Gasteiger partial charge is 0.434 e. The Kier molecular flexibility index (Phi) is 3.28. The lowest BCUT2D eigenvalue weighted by Crippen LogP contribution is -2.18. The predicted octanol–water partition coefficient (Wildman–Crippen LogP) is 3.08. The van der Waals surface area contributed by atoms with Gasteiger partial charge in [-0.3, -0.25) is 4.79 Å². The van der Waals surface area contributed by atoms with Crippen LogP contribution in [0, 0.1) is 0 Å². The monoisotopic (exact) mass is 306 g/mol. The Bertz CT molecular complexity index is 875. The zero-order valence-electron chi connectivity index (χ0n) is 11.0. The summed E-state index contributed by atoms with van der Waals surface area (Å²) in [6.07, 6.45) is -3.52. The Hall–Kier alpha value is -2.90. The highest BCUT2D eigenvalue weighted by Crippen LogP contribution is 2.32. The van der Waals surface area contributed by atoms with Crippen LogP contribution in [-0.2, 0) is 6.18 Å². The molecule has 3 aromatic rings. The van der Waals surface area contributed by atoms with Gasteiger partial charge < -0.3 is 10.3 Å². The van der Waals surface area contributed by atoms with Gasteiger partial charge in [0.1, 0.15) is 0 Å². The molecule has 8 heteroatoms. The van der Waals surface area contributed by atoms with E-state index in [-0.39, 0.29) is 11.5 Å². The Morgan fingerprint density at radius 1 is 1.05 bits per heavy atom. The number of fused-ring (bicyclic) bond motifs is 1. The van der Waals surface area contributed by atoms with Crippen LogP contribution in [0.25, 0.3) is 10.9 Å². The highest BCUT2D eigenvalue weighted by molar-refractivity contribution is 5.81. The van der Waals surface area contributed by atoms with Crippen molar-refractivity contribution in [1.29, 1.82) is 0 Å². The molecule has 2 N–H and O–H groups in total. The number of rotatable bonds is 2. The lowest BCUT2D eigenvalue weighted by Gasteiger charge is -2.11. The molecule has 0 unspecified atom stereocenters. The number of hydrogen-bond acceptors (Lipinski definition) is 4. The van der Waals surface area contributed by atoms with Gasteiger partial charge in [-0.2, -0.15) is 13.2 Å². The third kappa shape index (κ3) is 2.62. The first-order valence-electron chi connectivity index (χ1n) is 6.24. The molecule has 5 nitrogen and oxygen atoms in total. The Labute approximate surface area is 121 Å². The van der Waals surface area contributed by atoms with E-state index in [4.69, 9.17) is 0 Å². The van der Waals surface area contributed by atoms with E-state index in [1.165, 1.54) is 12.3 Å². The topological polar surface area (TPSA) is 70.7 Å². The lowest BCUT2D eigenvalue weighted by molar-refractivity contribution is -0.139. The molecule has 112 valence electrons. The quantitative estimate of drug-likeness (QED) is 0.763. The minimum atomic E-state index is -4.76. The van der Waals surface area contributed by atoms with Crippen LogP contribution in [0.4, 0.5) is 24.8 Å². The molecule has 22 heavy (non-hydrogen) atoms. The zero-order valence-corrected chi connectivity index (χ0v) is 11.0. The number of benzene rings is 1. The Balaban J connectivity index is 2.20. The Morgan fingerprint density at radius 3 is 2.45 bits per heavy atom. The van der Waals surface area contributed by atoms with Gasteiger partial charge >= 0.3 is 6.18 Å². The first-order valence-corrected chi connectivity index (χ1v) is 6.24. The van der Waals surface area contributed by atoms with E-state index < -0.39 is 22.8 Å². The highest BCUT2D eigenvalue weighted by atomic mass is 19.4. The highest BCUT2D eigenvalue weighted by Gasteiger charge is 2.36. The average molecular weight is 306 g/mol. The summed E-state index contributed by atoms with van der Waals surface area (Å²) in [5, 5.41) is 2.12. The third-order valence-electron chi connectivity index (χ3n) is 2.92. The van der Waals surface area contributed by atoms with E-state index in [9.17, 15) is 18.0 Å². The zero-order chi connectivity index (χ0) is 15.7. The summed E-state index contributed by atoms with van der Waals surface area (Å²) in [6, 6.07) is 9.84. The fourth-order valence-electron chi connectivity index (χ4n) is 2.00. The molecule has 0 bridgehead atoms. The normalized spacial score (nSPS) is 11.6. The number of pyridine rings is 1. The molecule has 3 rings (SSSR count). The number of hydrogen-bond donors (Lipinski definition) is 2. The number of para-hydroxylation sites is 1. The van der Waals surface area contributed by atoms with Gasteiger partial charge in [0.25, 0.3) is 5.56 Å². The van der Waals surface area contributed by atoms with Crippen LogP contribution in [-0.4, -0.2) is 15.0 Å². The Morgan fingerprint density at radius 2 is 1.77 bits per heavy atom. The smallest absolute Gasteiger partial charge is 0.328 e. The minimum Gasteiger partial charge on any atom is -0.328 e. The van der Waals surface area contributed by atoms with Gasteiger partial charge in [-0.05, 0) is 18.2 Å². The van der Waals surface area contributed by atoms with Crippen LogP contribution < -0.4 is 10.9 Å². The van der Waals surface area contributed by atoms with E-state index in [1.54, 1.807) is 30.3 Å². The van der Waals surface area contributed by atoms with Crippen LogP contribution in [0.3, 0.4) is 0 Å². The van der Waals surface area contributed by atoms with E-state index >= 15 is 0 Å². The van der Waals surface area contributed by atoms with E-state index in [0.29, 0.717) is 5.69 Å². The summed E-state index contributed by atoms with van der Waals surface area (Å²) in [5.74, 6) is -0.225. The van der Waals surface area contributed by atoms with E-state index in [0.717, 1.165) is 0 Å². The van der Waals surface area contributed by atoms with Gasteiger partial charge in [0, 0.05) is 11.9 Å². The summed E-state index contributed by atoms with van der Waals surface area (Å²) in [5.41, 5.74) is -1.68. The summed E-state index contributed by atoms with van der Waals surface area (Å²) in [4.78, 5) is 21.3. The molecule has 0 saturated carbocycles. The van der Waals surface area contributed by atoms with Crippen molar-refractivity contribution in [2.24, 2.45) is 0 Å². The first-order chi connectivity index (χ1) is 10.4. The summed E-state index contributed by atoms with van der Waals surface area (Å²) < 4.78 is 39.4. The van der Waals surface area contributed by atoms with Crippen LogP contribution in [0.2, 0.25) is 0 Å². The van der Waals surface area contributed by atoms with Crippen LogP contribution in [0.15, 0.2) is 47.4 Å². The summed E-state index contributed by atoms with van der Waals surface area (Å²) in [7, 11) is 0. The second-order valence-electron chi connectivity index (χ2n) is 4.45. The summed E-state index contributed by atoms with van der Waals surface area (Å²) >= 11 is 0. The maximum absolute atomic E-state index is 13.1. The molecular formula is C14H9F3N4O. The average Bonchev–Trinajstić information content (AvgIpc) is 2.47. The molecule has 2 aromatic heterocycles. The fraction of sp³-hybridized carbons (Fsp3) is 0.0714. The second-order valence-corrected chi connectivity index (χ2v) is 4.45. The van der Waals surface area contributed by atoms with Gasteiger partial charge in [-0.15, -0.1) is 0 Å². The van der Waals surface area contributed by atoms with Crippen molar-refractivity contribution >= 4 is 22.5 Å². The molecule has 1 aromatic carbocycles. The van der Waals surface area contributed by atoms with Gasteiger partial charge in [0.15, 0.2) is 5.69 Å². The van der Waals surface area contributed by atoms with Crippen LogP contribution >= 0.6 is 0 Å². The molecule has 0 radical (unpaired) electrons. The van der Waals surface area contributed by atoms with Gasteiger partial charge in [-0.1, -0.05) is 18.2 Å². The van der Waals surface area contributed by atoms with Crippen molar-refractivity contribution in [2.75, 3.05) is 5.32 Å². The molecule has 2 heterocycles. The van der Waals surface area contributed by atoms with Crippen LogP contribution in [0.1, 0.15) is 5.69 Å². The van der Waals surface area contributed by atoms with Crippen molar-refractivity contribution in [1.82, 2.24) is 15.0 Å². The molecule has 0 saturated heterocycles. The number of alkyl halides is 3. The number of halogens is 3. The summed E-state index contributed by atoms with van der Waals surface area (Å²) in [6.45, 7) is 0. The lowest BCUT2D eigenvalue weighted by atomic mass is 10.2. The van der Waals surface area contributed by atoms with Crippen molar-refractivity contribution < 1.29 is 13.2 Å². The number of aromatic nitrogens is 3. The third-order valence-corrected chi connectivity index (χ3v) is 2.92. The predicted molar refractivity (Wildman–Crippen MR) is 74.9 cm³/mol. The van der Waals surface area contributed by atoms with Crippen molar-refractivity contribution in [2.45, 2.75) is 6.18 Å². The molecule has 0 spiro atoms. The number of nitrogens with zero attached hydrogens (tertiary/aromatic N) is 2. The molecule has 0 aliphatic heterocycles. The SMILES string of the molecule is O=c1[nH]ccc2nc(Nc3ccccc3)nc(C(F)(F)F)c12. The van der Waals surface area contributed by atoms with Crippen molar-refractivity contribution in [3.8, 4) is 0 Å². The van der Waals surface area contributed by atoms with Gasteiger partial charge in [0.2, 0.25) is 5.95 Å². The van der Waals surface area contributed by atoms with E-state index in [1.807, 2.05) is 0 Å². The fourth-order valence-corrected chi connectivity index (χ4v) is 2.00. The molecular weight excluding hydrogens is 297 g/mol. The number of aromatic amines is 1. The molecule has 0 atom stereocenters. The second kappa shape index (κ2) is 5.14. The van der Waals surface area contributed by atoms with Crippen molar-refractivity contribution in [3.63, 3.8) is 0 Å². The first kappa shape index (κ1) is 14.1. The number of H-pyrrole nitrogens is 1. The van der Waals surface area contributed by atoms with Gasteiger partial charge in [-0.25, -0.2) is 9.97 Å². The van der Waals surface area contributed by atoms with E-state index in [2.05, 4.69) is 20.3 Å². The molecule has 0 aliphatic carbocycles. The minimum absolute atomic E-state index is 0.0792. The van der Waals surface area contributed by atoms with Gasteiger partial charge in [0.05, 0.1) is 10.9 Å². The maximum atomic E-state index is 13.1. The maximum Gasteiger partial charge on any atom is 0.434 e. The number of nitrogens with one attached hydrogen (secondary N) is 2. The molecule has 0 aliphatic rings. The molecule has 0 amide bonds. The van der Waals surface area contributed by atoms with Crippen molar-refractivity contribution in [3.05, 3.63) is 58.6 Å². The standard InChI is InChI=1S/C14H9F3N4O/c15-14(16,17)11-10-9(6-7-18-12(10)22)20-13(21-11)19-8-4-2-1-3-5-8/h1-7H,(H,18,22)(H,19,20,21). The number of anilines is 2. The molecule has 0 fully saturated rings.